The monoisotopic (exact) mass is 361 g/mol. The van der Waals surface area contributed by atoms with Crippen LogP contribution in [0.2, 0.25) is 0 Å². The molecule has 1 aromatic rings. The molecule has 142 valence electrons. The van der Waals surface area contributed by atoms with Crippen molar-refractivity contribution < 1.29 is 23.8 Å². The maximum Gasteiger partial charge on any atom is 0.342 e. The maximum atomic E-state index is 12.7. The van der Waals surface area contributed by atoms with Gasteiger partial charge in [0.15, 0.2) is 0 Å². The lowest BCUT2D eigenvalue weighted by molar-refractivity contribution is -0.162. The van der Waals surface area contributed by atoms with Crippen molar-refractivity contribution in [1.29, 1.82) is 0 Å². The lowest BCUT2D eigenvalue weighted by atomic mass is 9.87. The topological polar surface area (TPSA) is 65.1 Å². The fourth-order valence-corrected chi connectivity index (χ4v) is 4.18. The molecule has 2 saturated heterocycles. The maximum absolute atomic E-state index is 12.7. The molecule has 2 aliphatic heterocycles. The minimum absolute atomic E-state index is 0.0514. The molecule has 3 rings (SSSR count). The standard InChI is InChI=1S/C20H27NO5/c1-12(2)25-20(23)18-15-10-9-13(21(15)3)11-17(18)26-19(22)14-7-5-6-8-16(14)24-4/h5-8,12-13,15,17-18H,9-11H2,1-4H3/t13-,15+,17-,18+/m0/s1. The lowest BCUT2D eigenvalue weighted by Crippen LogP contribution is -2.54. The van der Waals surface area contributed by atoms with E-state index < -0.39 is 18.0 Å². The van der Waals surface area contributed by atoms with Crippen molar-refractivity contribution in [2.24, 2.45) is 5.92 Å². The van der Waals surface area contributed by atoms with Crippen LogP contribution in [0.15, 0.2) is 24.3 Å². The van der Waals surface area contributed by atoms with E-state index in [-0.39, 0.29) is 18.1 Å². The van der Waals surface area contributed by atoms with E-state index in [2.05, 4.69) is 4.90 Å². The van der Waals surface area contributed by atoms with Gasteiger partial charge in [-0.15, -0.1) is 0 Å². The van der Waals surface area contributed by atoms with Crippen molar-refractivity contribution >= 4 is 11.9 Å². The van der Waals surface area contributed by atoms with Crippen molar-refractivity contribution in [3.05, 3.63) is 29.8 Å². The quantitative estimate of drug-likeness (QED) is 0.751. The highest BCUT2D eigenvalue weighted by atomic mass is 16.6. The largest absolute Gasteiger partial charge is 0.496 e. The summed E-state index contributed by atoms with van der Waals surface area (Å²) in [4.78, 5) is 27.7. The van der Waals surface area contributed by atoms with Gasteiger partial charge in [-0.3, -0.25) is 9.69 Å². The fraction of sp³-hybridized carbons (Fsp3) is 0.600. The Balaban J connectivity index is 1.82. The number of piperidine rings is 1. The number of carbonyl (C=O) groups is 2. The molecule has 0 aliphatic carbocycles. The summed E-state index contributed by atoms with van der Waals surface area (Å²) < 4.78 is 16.5. The van der Waals surface area contributed by atoms with Crippen LogP contribution < -0.4 is 4.74 Å². The molecule has 0 amide bonds. The van der Waals surface area contributed by atoms with E-state index in [0.29, 0.717) is 23.8 Å². The zero-order chi connectivity index (χ0) is 18.8. The van der Waals surface area contributed by atoms with Gasteiger partial charge in [-0.25, -0.2) is 4.79 Å². The molecule has 2 aliphatic rings. The molecular weight excluding hydrogens is 334 g/mol. The minimum atomic E-state index is -0.479. The van der Waals surface area contributed by atoms with Crippen LogP contribution in [0, 0.1) is 5.92 Å². The van der Waals surface area contributed by atoms with E-state index in [1.54, 1.807) is 24.3 Å². The van der Waals surface area contributed by atoms with Gasteiger partial charge in [-0.1, -0.05) is 12.1 Å². The number of para-hydroxylation sites is 1. The first-order valence-electron chi connectivity index (χ1n) is 9.18. The van der Waals surface area contributed by atoms with Gasteiger partial charge in [0.25, 0.3) is 0 Å². The third-order valence-electron chi connectivity index (χ3n) is 5.42. The summed E-state index contributed by atoms with van der Waals surface area (Å²) >= 11 is 0. The highest BCUT2D eigenvalue weighted by molar-refractivity contribution is 5.92. The first-order valence-corrected chi connectivity index (χ1v) is 9.18. The summed E-state index contributed by atoms with van der Waals surface area (Å²) in [5.74, 6) is -0.733. The first-order chi connectivity index (χ1) is 12.4. The van der Waals surface area contributed by atoms with Gasteiger partial charge in [0.05, 0.1) is 13.2 Å². The molecule has 0 radical (unpaired) electrons. The van der Waals surface area contributed by atoms with Crippen LogP contribution in [0.5, 0.6) is 5.75 Å². The molecule has 0 spiro atoms. The third kappa shape index (κ3) is 3.56. The number of methoxy groups -OCH3 is 1. The average Bonchev–Trinajstić information content (AvgIpc) is 2.84. The van der Waals surface area contributed by atoms with Crippen LogP contribution >= 0.6 is 0 Å². The van der Waals surface area contributed by atoms with E-state index in [0.717, 1.165) is 12.8 Å². The average molecular weight is 361 g/mol. The Morgan fingerprint density at radius 3 is 2.62 bits per heavy atom. The van der Waals surface area contributed by atoms with Crippen LogP contribution in [0.25, 0.3) is 0 Å². The molecule has 0 N–H and O–H groups in total. The van der Waals surface area contributed by atoms with E-state index in [4.69, 9.17) is 14.2 Å². The van der Waals surface area contributed by atoms with E-state index >= 15 is 0 Å². The number of esters is 2. The van der Waals surface area contributed by atoms with Crippen LogP contribution in [-0.4, -0.2) is 55.3 Å². The number of hydrogen-bond donors (Lipinski definition) is 0. The summed E-state index contributed by atoms with van der Waals surface area (Å²) in [6.45, 7) is 3.66. The molecule has 2 fully saturated rings. The molecule has 0 unspecified atom stereocenters. The van der Waals surface area contributed by atoms with Gasteiger partial charge < -0.3 is 14.2 Å². The molecule has 26 heavy (non-hydrogen) atoms. The van der Waals surface area contributed by atoms with Crippen molar-refractivity contribution in [3.63, 3.8) is 0 Å². The molecule has 2 bridgehead atoms. The first kappa shape index (κ1) is 18.7. The Kier molecular flexibility index (Phi) is 5.51. The summed E-state index contributed by atoms with van der Waals surface area (Å²) in [5, 5.41) is 0. The predicted molar refractivity (Wildman–Crippen MR) is 96.1 cm³/mol. The van der Waals surface area contributed by atoms with Gasteiger partial charge in [-0.05, 0) is 45.9 Å². The van der Waals surface area contributed by atoms with Gasteiger partial charge >= 0.3 is 11.9 Å². The van der Waals surface area contributed by atoms with Crippen molar-refractivity contribution in [1.82, 2.24) is 4.90 Å². The number of rotatable bonds is 5. The minimum Gasteiger partial charge on any atom is -0.496 e. The van der Waals surface area contributed by atoms with Gasteiger partial charge in [0.1, 0.15) is 23.3 Å². The Bertz CT molecular complexity index is 674. The second kappa shape index (κ2) is 7.66. The van der Waals surface area contributed by atoms with Crippen LogP contribution in [0.4, 0.5) is 0 Å². The predicted octanol–water partition coefficient (Wildman–Crippen LogP) is 2.65. The Morgan fingerprint density at radius 2 is 1.92 bits per heavy atom. The smallest absolute Gasteiger partial charge is 0.342 e. The number of nitrogens with zero attached hydrogens (tertiary/aromatic N) is 1. The summed E-state index contributed by atoms with van der Waals surface area (Å²) in [6.07, 6.45) is 1.90. The molecule has 4 atom stereocenters. The summed E-state index contributed by atoms with van der Waals surface area (Å²) in [6, 6.07) is 7.34. The lowest BCUT2D eigenvalue weighted by Gasteiger charge is -2.41. The molecule has 2 heterocycles. The second-order valence-electron chi connectivity index (χ2n) is 7.36. The number of benzene rings is 1. The second-order valence-corrected chi connectivity index (χ2v) is 7.36. The molecule has 1 aromatic carbocycles. The van der Waals surface area contributed by atoms with Gasteiger partial charge in [0.2, 0.25) is 0 Å². The van der Waals surface area contributed by atoms with Crippen molar-refractivity contribution in [2.75, 3.05) is 14.2 Å². The van der Waals surface area contributed by atoms with Gasteiger partial charge in [-0.2, -0.15) is 0 Å². The Morgan fingerprint density at radius 1 is 1.19 bits per heavy atom. The van der Waals surface area contributed by atoms with Crippen LogP contribution in [0.3, 0.4) is 0 Å². The van der Waals surface area contributed by atoms with Crippen molar-refractivity contribution in [3.8, 4) is 5.75 Å². The Labute approximate surface area is 154 Å². The molecule has 6 nitrogen and oxygen atoms in total. The number of carbonyl (C=O) groups excluding carboxylic acids is 2. The van der Waals surface area contributed by atoms with Crippen LogP contribution in [-0.2, 0) is 14.3 Å². The highest BCUT2D eigenvalue weighted by Crippen LogP contribution is 2.40. The number of ether oxygens (including phenoxy) is 3. The van der Waals surface area contributed by atoms with Crippen LogP contribution in [0.1, 0.15) is 43.5 Å². The summed E-state index contributed by atoms with van der Waals surface area (Å²) in [7, 11) is 3.56. The van der Waals surface area contributed by atoms with E-state index in [1.165, 1.54) is 7.11 Å². The number of hydrogen-bond acceptors (Lipinski definition) is 6. The zero-order valence-corrected chi connectivity index (χ0v) is 15.8. The van der Waals surface area contributed by atoms with Gasteiger partial charge in [0, 0.05) is 18.5 Å². The van der Waals surface area contributed by atoms with E-state index in [9.17, 15) is 9.59 Å². The fourth-order valence-electron chi connectivity index (χ4n) is 4.18. The molecule has 6 heteroatoms. The van der Waals surface area contributed by atoms with Crippen molar-refractivity contribution in [2.45, 2.75) is 57.4 Å². The normalized spacial score (nSPS) is 28.0. The highest BCUT2D eigenvalue weighted by Gasteiger charge is 2.51. The number of fused-ring (bicyclic) bond motifs is 2. The summed E-state index contributed by atoms with van der Waals surface area (Å²) in [5.41, 5.74) is 0.372. The van der Waals surface area contributed by atoms with E-state index in [1.807, 2.05) is 20.9 Å². The molecular formula is C20H27NO5. The zero-order valence-electron chi connectivity index (χ0n) is 15.8. The third-order valence-corrected chi connectivity index (χ3v) is 5.42. The Hall–Kier alpha value is -2.08. The molecule has 0 saturated carbocycles. The SMILES string of the molecule is COc1ccccc1C(=O)O[C@H]1C[C@@H]2CC[C@H]([C@H]1C(=O)OC(C)C)N2C. The molecule has 0 aromatic heterocycles.